The van der Waals surface area contributed by atoms with Crippen LogP contribution in [0.3, 0.4) is 0 Å². The number of hydrogen-bond acceptors (Lipinski definition) is 6. The van der Waals surface area contributed by atoms with E-state index in [0.29, 0.717) is 23.9 Å². The first-order valence-corrected chi connectivity index (χ1v) is 8.82. The molecule has 1 aromatic carbocycles. The second kappa shape index (κ2) is 7.56. The van der Waals surface area contributed by atoms with Gasteiger partial charge in [0, 0.05) is 26.1 Å². The van der Waals surface area contributed by atoms with Crippen LogP contribution >= 0.6 is 11.8 Å². The zero-order chi connectivity index (χ0) is 17.8. The molecule has 0 saturated carbocycles. The lowest BCUT2D eigenvalue weighted by molar-refractivity contribution is -0.127. The molecule has 3 aromatic rings. The minimum Gasteiger partial charge on any atom is -0.497 e. The number of rotatable bonds is 7. The second-order valence-electron chi connectivity index (χ2n) is 5.62. The first-order valence-electron chi connectivity index (χ1n) is 7.83. The summed E-state index contributed by atoms with van der Waals surface area (Å²) in [6.07, 6.45) is 0.656. The SMILES string of the molecule is COc1ccc2nc(CCN(C)C(=O)CSc3n[nH]c(C)n3)[nH]c2c1. The summed E-state index contributed by atoms with van der Waals surface area (Å²) in [6, 6.07) is 5.71. The zero-order valence-corrected chi connectivity index (χ0v) is 15.2. The predicted octanol–water partition coefficient (Wildman–Crippen LogP) is 1.79. The minimum absolute atomic E-state index is 0.0326. The minimum atomic E-state index is 0.0326. The van der Waals surface area contributed by atoms with Gasteiger partial charge in [-0.05, 0) is 19.1 Å². The van der Waals surface area contributed by atoms with Gasteiger partial charge in [0.25, 0.3) is 0 Å². The molecule has 9 heteroatoms. The Kier molecular flexibility index (Phi) is 5.22. The van der Waals surface area contributed by atoms with Crippen LogP contribution in [-0.2, 0) is 11.2 Å². The third-order valence-corrected chi connectivity index (χ3v) is 4.58. The summed E-state index contributed by atoms with van der Waals surface area (Å²) in [4.78, 5) is 25.9. The van der Waals surface area contributed by atoms with Crippen molar-refractivity contribution in [3.05, 3.63) is 29.8 Å². The van der Waals surface area contributed by atoms with Crippen molar-refractivity contribution in [3.8, 4) is 5.75 Å². The Labute approximate surface area is 149 Å². The molecule has 0 aliphatic rings. The summed E-state index contributed by atoms with van der Waals surface area (Å²) >= 11 is 1.33. The van der Waals surface area contributed by atoms with Gasteiger partial charge in [0.05, 0.1) is 23.9 Å². The van der Waals surface area contributed by atoms with Gasteiger partial charge in [-0.3, -0.25) is 9.89 Å². The van der Waals surface area contributed by atoms with Gasteiger partial charge in [0.1, 0.15) is 17.4 Å². The van der Waals surface area contributed by atoms with E-state index in [0.717, 1.165) is 28.4 Å². The monoisotopic (exact) mass is 360 g/mol. The Morgan fingerprint density at radius 3 is 2.92 bits per heavy atom. The number of aromatic nitrogens is 5. The normalized spacial score (nSPS) is 11.0. The van der Waals surface area contributed by atoms with Crippen LogP contribution in [0, 0.1) is 6.92 Å². The molecule has 0 aliphatic carbocycles. The molecular formula is C16H20N6O2S. The fourth-order valence-corrected chi connectivity index (χ4v) is 3.09. The van der Waals surface area contributed by atoms with Gasteiger partial charge in [0.2, 0.25) is 11.1 Å². The molecule has 0 aliphatic heterocycles. The number of ether oxygens (including phenoxy) is 1. The third-order valence-electron chi connectivity index (χ3n) is 3.75. The standard InChI is InChI=1S/C16H20N6O2S/c1-10-17-16(21-20-10)25-9-15(23)22(2)7-6-14-18-12-5-4-11(24-3)8-13(12)19-14/h4-5,8H,6-7,9H2,1-3H3,(H,18,19)(H,17,20,21). The first-order chi connectivity index (χ1) is 12.0. The molecule has 1 amide bonds. The fourth-order valence-electron chi connectivity index (χ4n) is 2.31. The van der Waals surface area contributed by atoms with E-state index in [1.807, 2.05) is 25.1 Å². The van der Waals surface area contributed by atoms with Gasteiger partial charge < -0.3 is 14.6 Å². The third kappa shape index (κ3) is 4.30. The van der Waals surface area contributed by atoms with Crippen molar-refractivity contribution in [3.63, 3.8) is 0 Å². The maximum Gasteiger partial charge on any atom is 0.232 e. The van der Waals surface area contributed by atoms with Crippen LogP contribution in [0.15, 0.2) is 23.4 Å². The number of H-pyrrole nitrogens is 2. The van der Waals surface area contributed by atoms with Crippen LogP contribution in [-0.4, -0.2) is 62.4 Å². The van der Waals surface area contributed by atoms with Gasteiger partial charge >= 0.3 is 0 Å². The van der Waals surface area contributed by atoms with E-state index in [-0.39, 0.29) is 5.91 Å². The van der Waals surface area contributed by atoms with Crippen molar-refractivity contribution in [2.24, 2.45) is 0 Å². The van der Waals surface area contributed by atoms with Crippen molar-refractivity contribution >= 4 is 28.7 Å². The molecule has 3 rings (SSSR count). The Hall–Kier alpha value is -2.55. The number of methoxy groups -OCH3 is 1. The van der Waals surface area contributed by atoms with Gasteiger partial charge in [-0.2, -0.15) is 0 Å². The van der Waals surface area contributed by atoms with Crippen molar-refractivity contribution < 1.29 is 9.53 Å². The maximum absolute atomic E-state index is 12.2. The molecule has 2 heterocycles. The van der Waals surface area contributed by atoms with Crippen molar-refractivity contribution in [1.29, 1.82) is 0 Å². The number of carbonyl (C=O) groups is 1. The summed E-state index contributed by atoms with van der Waals surface area (Å²) in [5.74, 6) is 2.72. The van der Waals surface area contributed by atoms with E-state index < -0.39 is 0 Å². The van der Waals surface area contributed by atoms with E-state index >= 15 is 0 Å². The second-order valence-corrected chi connectivity index (χ2v) is 6.57. The number of aryl methyl sites for hydroxylation is 1. The number of fused-ring (bicyclic) bond motifs is 1. The average molecular weight is 360 g/mol. The molecule has 0 saturated heterocycles. The Bertz CT molecular complexity index is 875. The highest BCUT2D eigenvalue weighted by Crippen LogP contribution is 2.19. The largest absolute Gasteiger partial charge is 0.497 e. The molecule has 0 unspecified atom stereocenters. The molecule has 0 spiro atoms. The number of imidazole rings is 1. The Morgan fingerprint density at radius 1 is 1.36 bits per heavy atom. The van der Waals surface area contributed by atoms with E-state index in [2.05, 4.69) is 25.1 Å². The molecular weight excluding hydrogens is 340 g/mol. The molecule has 25 heavy (non-hydrogen) atoms. The van der Waals surface area contributed by atoms with Crippen LogP contribution in [0.1, 0.15) is 11.6 Å². The molecule has 0 atom stereocenters. The van der Waals surface area contributed by atoms with Gasteiger partial charge in [-0.1, -0.05) is 11.8 Å². The van der Waals surface area contributed by atoms with Crippen molar-refractivity contribution in [2.45, 2.75) is 18.5 Å². The van der Waals surface area contributed by atoms with E-state index in [1.165, 1.54) is 11.8 Å². The Morgan fingerprint density at radius 2 is 2.20 bits per heavy atom. The number of aromatic amines is 2. The molecule has 2 N–H and O–H groups in total. The van der Waals surface area contributed by atoms with Crippen LogP contribution in [0.5, 0.6) is 5.75 Å². The molecule has 0 radical (unpaired) electrons. The number of nitrogens with one attached hydrogen (secondary N) is 2. The van der Waals surface area contributed by atoms with Crippen molar-refractivity contribution in [1.82, 2.24) is 30.0 Å². The summed E-state index contributed by atoms with van der Waals surface area (Å²) in [5.41, 5.74) is 1.82. The zero-order valence-electron chi connectivity index (χ0n) is 14.4. The lowest BCUT2D eigenvalue weighted by atomic mass is 10.3. The van der Waals surface area contributed by atoms with E-state index in [4.69, 9.17) is 4.74 Å². The number of thioether (sulfide) groups is 1. The highest BCUT2D eigenvalue weighted by molar-refractivity contribution is 7.99. The fraction of sp³-hybridized carbons (Fsp3) is 0.375. The molecule has 0 fully saturated rings. The highest BCUT2D eigenvalue weighted by atomic mass is 32.2. The van der Waals surface area contributed by atoms with Crippen LogP contribution in [0.4, 0.5) is 0 Å². The van der Waals surface area contributed by atoms with Gasteiger partial charge in [-0.25, -0.2) is 9.97 Å². The molecule has 132 valence electrons. The first kappa shape index (κ1) is 17.3. The molecule has 8 nitrogen and oxygen atoms in total. The number of carbonyl (C=O) groups excluding carboxylic acids is 1. The Balaban J connectivity index is 1.52. The van der Waals surface area contributed by atoms with E-state index in [1.54, 1.807) is 19.1 Å². The topological polar surface area (TPSA) is 99.8 Å². The summed E-state index contributed by atoms with van der Waals surface area (Å²) in [7, 11) is 3.43. The quantitative estimate of drug-likeness (QED) is 0.623. The number of nitrogens with zero attached hydrogens (tertiary/aromatic N) is 4. The van der Waals surface area contributed by atoms with E-state index in [9.17, 15) is 4.79 Å². The van der Waals surface area contributed by atoms with Crippen LogP contribution in [0.2, 0.25) is 0 Å². The number of amides is 1. The number of hydrogen-bond donors (Lipinski definition) is 2. The lowest BCUT2D eigenvalue weighted by Gasteiger charge is -2.15. The lowest BCUT2D eigenvalue weighted by Crippen LogP contribution is -2.30. The number of likely N-dealkylation sites (N-methyl/N-ethyl adjacent to an activating group) is 1. The smallest absolute Gasteiger partial charge is 0.232 e. The summed E-state index contributed by atoms with van der Waals surface area (Å²) in [5, 5.41) is 7.36. The number of benzene rings is 1. The molecule has 0 bridgehead atoms. The highest BCUT2D eigenvalue weighted by Gasteiger charge is 2.12. The molecule has 2 aromatic heterocycles. The van der Waals surface area contributed by atoms with Gasteiger partial charge in [0.15, 0.2) is 0 Å². The van der Waals surface area contributed by atoms with Crippen molar-refractivity contribution in [2.75, 3.05) is 26.5 Å². The summed E-state index contributed by atoms with van der Waals surface area (Å²) in [6.45, 7) is 2.41. The van der Waals surface area contributed by atoms with Crippen LogP contribution < -0.4 is 4.74 Å². The predicted molar refractivity (Wildman–Crippen MR) is 95.8 cm³/mol. The van der Waals surface area contributed by atoms with Crippen LogP contribution in [0.25, 0.3) is 11.0 Å². The maximum atomic E-state index is 12.2. The summed E-state index contributed by atoms with van der Waals surface area (Å²) < 4.78 is 5.21. The average Bonchev–Trinajstić information content (AvgIpc) is 3.22. The van der Waals surface area contributed by atoms with Gasteiger partial charge in [-0.15, -0.1) is 5.10 Å².